The van der Waals surface area contributed by atoms with Gasteiger partial charge in [-0.15, -0.1) is 0 Å². The van der Waals surface area contributed by atoms with Crippen LogP contribution in [0.4, 0.5) is 5.69 Å². The van der Waals surface area contributed by atoms with Gasteiger partial charge >= 0.3 is 0 Å². The highest BCUT2D eigenvalue weighted by Crippen LogP contribution is 2.21. The molecule has 124 valence electrons. The zero-order valence-corrected chi connectivity index (χ0v) is 14.9. The Morgan fingerprint density at radius 2 is 1.71 bits per heavy atom. The molecule has 4 heteroatoms. The topological polar surface area (TPSA) is 46.9 Å². The average molecular weight is 321 g/mol. The van der Waals surface area contributed by atoms with Crippen LogP contribution in [0, 0.1) is 34.6 Å². The first-order chi connectivity index (χ1) is 11.3. The van der Waals surface area contributed by atoms with E-state index >= 15 is 0 Å². The second-order valence-corrected chi connectivity index (χ2v) is 6.54. The third-order valence-corrected chi connectivity index (χ3v) is 4.51. The number of imidazole rings is 1. The van der Waals surface area contributed by atoms with Crippen LogP contribution in [0.5, 0.6) is 0 Å². The van der Waals surface area contributed by atoms with Crippen molar-refractivity contribution < 1.29 is 4.79 Å². The first kappa shape index (κ1) is 16.2. The minimum absolute atomic E-state index is 0.0393. The SMILES string of the molecule is Cc1ccc(NC(=O)Cn2c(C)nc3cc(C)c(C)cc32)c(C)c1. The van der Waals surface area contributed by atoms with Gasteiger partial charge in [0.2, 0.25) is 5.91 Å². The number of rotatable bonds is 3. The Hall–Kier alpha value is -2.62. The van der Waals surface area contributed by atoms with Crippen LogP contribution in [0.15, 0.2) is 30.3 Å². The lowest BCUT2D eigenvalue weighted by Gasteiger charge is -2.11. The van der Waals surface area contributed by atoms with E-state index in [1.165, 1.54) is 16.7 Å². The molecule has 0 saturated carbocycles. The van der Waals surface area contributed by atoms with Gasteiger partial charge in [-0.2, -0.15) is 0 Å². The number of nitrogens with one attached hydrogen (secondary N) is 1. The number of aromatic nitrogens is 2. The van der Waals surface area contributed by atoms with E-state index in [0.29, 0.717) is 0 Å². The fourth-order valence-electron chi connectivity index (χ4n) is 2.99. The highest BCUT2D eigenvalue weighted by atomic mass is 16.1. The van der Waals surface area contributed by atoms with Crippen LogP contribution in [0.1, 0.15) is 28.1 Å². The van der Waals surface area contributed by atoms with Crippen LogP contribution in [-0.4, -0.2) is 15.5 Å². The monoisotopic (exact) mass is 321 g/mol. The average Bonchev–Trinajstić information content (AvgIpc) is 2.78. The Balaban J connectivity index is 1.88. The van der Waals surface area contributed by atoms with Crippen molar-refractivity contribution in [2.75, 3.05) is 5.32 Å². The molecule has 1 amide bonds. The van der Waals surface area contributed by atoms with Gasteiger partial charge in [0, 0.05) is 5.69 Å². The maximum atomic E-state index is 12.5. The lowest BCUT2D eigenvalue weighted by Crippen LogP contribution is -2.20. The zero-order valence-electron chi connectivity index (χ0n) is 14.9. The van der Waals surface area contributed by atoms with Crippen molar-refractivity contribution in [2.45, 2.75) is 41.2 Å². The molecule has 2 aromatic carbocycles. The number of anilines is 1. The van der Waals surface area contributed by atoms with Crippen molar-refractivity contribution in [3.63, 3.8) is 0 Å². The molecule has 3 rings (SSSR count). The summed E-state index contributed by atoms with van der Waals surface area (Å²) in [5.41, 5.74) is 7.49. The molecule has 0 bridgehead atoms. The predicted octanol–water partition coefficient (Wildman–Crippen LogP) is 4.22. The van der Waals surface area contributed by atoms with E-state index in [-0.39, 0.29) is 12.5 Å². The molecule has 0 fully saturated rings. The van der Waals surface area contributed by atoms with E-state index in [4.69, 9.17) is 0 Å². The summed E-state index contributed by atoms with van der Waals surface area (Å²) in [5.74, 6) is 0.813. The Bertz CT molecular complexity index is 938. The number of fused-ring (bicyclic) bond motifs is 1. The van der Waals surface area contributed by atoms with Gasteiger partial charge < -0.3 is 9.88 Å². The smallest absolute Gasteiger partial charge is 0.244 e. The number of aryl methyl sites for hydroxylation is 5. The van der Waals surface area contributed by atoms with E-state index in [1.54, 1.807) is 0 Å². The first-order valence-corrected chi connectivity index (χ1v) is 8.16. The third kappa shape index (κ3) is 3.04. The van der Waals surface area contributed by atoms with Crippen LogP contribution < -0.4 is 5.32 Å². The summed E-state index contributed by atoms with van der Waals surface area (Å²) in [6, 6.07) is 10.2. The summed E-state index contributed by atoms with van der Waals surface area (Å²) in [4.78, 5) is 17.1. The quantitative estimate of drug-likeness (QED) is 0.785. The number of nitrogens with zero attached hydrogens (tertiary/aromatic N) is 2. The molecule has 1 N–H and O–H groups in total. The summed E-state index contributed by atoms with van der Waals surface area (Å²) < 4.78 is 1.97. The molecular weight excluding hydrogens is 298 g/mol. The molecule has 0 unspecified atom stereocenters. The fourth-order valence-corrected chi connectivity index (χ4v) is 2.99. The van der Waals surface area contributed by atoms with Crippen molar-refractivity contribution in [1.29, 1.82) is 0 Å². The molecule has 1 heterocycles. The number of hydrogen-bond donors (Lipinski definition) is 1. The minimum Gasteiger partial charge on any atom is -0.324 e. The molecule has 0 aliphatic heterocycles. The highest BCUT2D eigenvalue weighted by Gasteiger charge is 2.13. The molecule has 0 radical (unpaired) electrons. The molecule has 0 atom stereocenters. The lowest BCUT2D eigenvalue weighted by atomic mass is 10.1. The normalized spacial score (nSPS) is 11.0. The maximum absolute atomic E-state index is 12.5. The maximum Gasteiger partial charge on any atom is 0.244 e. The summed E-state index contributed by atoms with van der Waals surface area (Å²) in [7, 11) is 0. The van der Waals surface area contributed by atoms with Gasteiger partial charge in [0.05, 0.1) is 11.0 Å². The molecule has 24 heavy (non-hydrogen) atoms. The molecule has 3 aromatic rings. The highest BCUT2D eigenvalue weighted by molar-refractivity contribution is 5.92. The van der Waals surface area contributed by atoms with Crippen LogP contribution >= 0.6 is 0 Å². The third-order valence-electron chi connectivity index (χ3n) is 4.51. The summed E-state index contributed by atoms with van der Waals surface area (Å²) >= 11 is 0. The first-order valence-electron chi connectivity index (χ1n) is 8.16. The van der Waals surface area contributed by atoms with Gasteiger partial charge in [0.25, 0.3) is 0 Å². The Morgan fingerprint density at radius 3 is 2.42 bits per heavy atom. The zero-order chi connectivity index (χ0) is 17.4. The van der Waals surface area contributed by atoms with Crippen molar-refractivity contribution in [2.24, 2.45) is 0 Å². The van der Waals surface area contributed by atoms with Gasteiger partial charge in [0.1, 0.15) is 12.4 Å². The molecule has 4 nitrogen and oxygen atoms in total. The minimum atomic E-state index is -0.0393. The lowest BCUT2D eigenvalue weighted by molar-refractivity contribution is -0.116. The second kappa shape index (κ2) is 6.11. The van der Waals surface area contributed by atoms with Crippen LogP contribution in [-0.2, 0) is 11.3 Å². The van der Waals surface area contributed by atoms with Crippen molar-refractivity contribution in [3.8, 4) is 0 Å². The van der Waals surface area contributed by atoms with E-state index < -0.39 is 0 Å². The van der Waals surface area contributed by atoms with Crippen molar-refractivity contribution in [1.82, 2.24) is 9.55 Å². The molecule has 0 spiro atoms. The van der Waals surface area contributed by atoms with E-state index in [9.17, 15) is 4.79 Å². The van der Waals surface area contributed by atoms with Gasteiger partial charge in [-0.25, -0.2) is 4.98 Å². The summed E-state index contributed by atoms with van der Waals surface area (Å²) in [6.07, 6.45) is 0. The standard InChI is InChI=1S/C20H23N3O/c1-12-6-7-17(15(4)8-12)22-20(24)11-23-16(5)21-18-9-13(2)14(3)10-19(18)23/h6-10H,11H2,1-5H3,(H,22,24). The predicted molar refractivity (Wildman–Crippen MR) is 98.5 cm³/mol. The van der Waals surface area contributed by atoms with Gasteiger partial charge in [-0.3, -0.25) is 4.79 Å². The number of amides is 1. The summed E-state index contributed by atoms with van der Waals surface area (Å²) in [6.45, 7) is 10.4. The van der Waals surface area contributed by atoms with E-state index in [1.807, 2.05) is 37.5 Å². The Kier molecular flexibility index (Phi) is 4.14. The van der Waals surface area contributed by atoms with Gasteiger partial charge in [-0.05, 0) is 69.5 Å². The van der Waals surface area contributed by atoms with E-state index in [0.717, 1.165) is 28.1 Å². The summed E-state index contributed by atoms with van der Waals surface area (Å²) in [5, 5.41) is 3.01. The number of hydrogen-bond acceptors (Lipinski definition) is 2. The molecule has 0 aliphatic rings. The second-order valence-electron chi connectivity index (χ2n) is 6.54. The number of carbonyl (C=O) groups excluding carboxylic acids is 1. The van der Waals surface area contributed by atoms with Crippen molar-refractivity contribution in [3.05, 3.63) is 58.4 Å². The van der Waals surface area contributed by atoms with Crippen molar-refractivity contribution >= 4 is 22.6 Å². The fraction of sp³-hybridized carbons (Fsp3) is 0.300. The Morgan fingerprint density at radius 1 is 1.00 bits per heavy atom. The van der Waals surface area contributed by atoms with Crippen LogP contribution in [0.3, 0.4) is 0 Å². The largest absolute Gasteiger partial charge is 0.324 e. The van der Waals surface area contributed by atoms with Gasteiger partial charge in [0.15, 0.2) is 0 Å². The number of carbonyl (C=O) groups is 1. The molecule has 1 aromatic heterocycles. The molecule has 0 saturated heterocycles. The van der Waals surface area contributed by atoms with Gasteiger partial charge in [-0.1, -0.05) is 17.7 Å². The number of benzene rings is 2. The van der Waals surface area contributed by atoms with Crippen LogP contribution in [0.2, 0.25) is 0 Å². The Labute approximate surface area is 142 Å². The molecule has 0 aliphatic carbocycles. The van der Waals surface area contributed by atoms with Crippen LogP contribution in [0.25, 0.3) is 11.0 Å². The molecular formula is C20H23N3O. The van der Waals surface area contributed by atoms with E-state index in [2.05, 4.69) is 42.3 Å².